The van der Waals surface area contributed by atoms with Crippen LogP contribution in [0.2, 0.25) is 0 Å². The summed E-state index contributed by atoms with van der Waals surface area (Å²) >= 11 is 2.96. The quantitative estimate of drug-likeness (QED) is 0.859. The fourth-order valence-corrected chi connectivity index (χ4v) is 3.30. The molecule has 0 aliphatic heterocycles. The number of hydrogen-bond donors (Lipinski definition) is 1. The first-order chi connectivity index (χ1) is 9.54. The summed E-state index contributed by atoms with van der Waals surface area (Å²) < 4.78 is 13.7. The number of amides is 1. The van der Waals surface area contributed by atoms with Crippen LogP contribution in [0.5, 0.6) is 0 Å². The molecule has 0 bridgehead atoms. The van der Waals surface area contributed by atoms with Crippen LogP contribution in [0, 0.1) is 12.7 Å². The predicted octanol–water partition coefficient (Wildman–Crippen LogP) is 3.56. The molecular formula is C14H15FN2OS2. The van der Waals surface area contributed by atoms with E-state index in [1.807, 2.05) is 19.2 Å². The molecule has 1 aromatic carbocycles. The SMILES string of the molecule is Cc1csc(SCC(=O)N[C@H](C)c2ccc(F)cc2)n1. The van der Waals surface area contributed by atoms with E-state index in [0.29, 0.717) is 5.75 Å². The molecule has 0 aliphatic carbocycles. The summed E-state index contributed by atoms with van der Waals surface area (Å²) in [6, 6.07) is 6.01. The third kappa shape index (κ3) is 4.31. The van der Waals surface area contributed by atoms with Crippen molar-refractivity contribution in [1.82, 2.24) is 10.3 Å². The number of benzene rings is 1. The molecule has 3 nitrogen and oxygen atoms in total. The molecule has 0 unspecified atom stereocenters. The van der Waals surface area contributed by atoms with Crippen LogP contribution in [-0.4, -0.2) is 16.6 Å². The predicted molar refractivity (Wildman–Crippen MR) is 80.5 cm³/mol. The number of nitrogens with zero attached hydrogens (tertiary/aromatic N) is 1. The van der Waals surface area contributed by atoms with Crippen molar-refractivity contribution in [3.8, 4) is 0 Å². The zero-order chi connectivity index (χ0) is 14.5. The van der Waals surface area contributed by atoms with Gasteiger partial charge in [0.25, 0.3) is 0 Å². The number of aryl methyl sites for hydroxylation is 1. The number of thioether (sulfide) groups is 1. The number of aromatic nitrogens is 1. The average Bonchev–Trinajstić information content (AvgIpc) is 2.83. The lowest BCUT2D eigenvalue weighted by molar-refractivity contribution is -0.119. The highest BCUT2D eigenvalue weighted by molar-refractivity contribution is 8.01. The lowest BCUT2D eigenvalue weighted by atomic mass is 10.1. The third-order valence-electron chi connectivity index (χ3n) is 2.67. The van der Waals surface area contributed by atoms with Gasteiger partial charge in [0.2, 0.25) is 5.91 Å². The van der Waals surface area contributed by atoms with E-state index >= 15 is 0 Å². The number of rotatable bonds is 5. The number of nitrogens with one attached hydrogen (secondary N) is 1. The highest BCUT2D eigenvalue weighted by Crippen LogP contribution is 2.22. The Morgan fingerprint density at radius 2 is 2.15 bits per heavy atom. The zero-order valence-corrected chi connectivity index (χ0v) is 12.9. The molecule has 0 fully saturated rings. The van der Waals surface area contributed by atoms with Crippen molar-refractivity contribution in [2.45, 2.75) is 24.2 Å². The van der Waals surface area contributed by atoms with Crippen LogP contribution in [-0.2, 0) is 4.79 Å². The first-order valence-corrected chi connectivity index (χ1v) is 8.01. The van der Waals surface area contributed by atoms with Gasteiger partial charge in [0.1, 0.15) is 5.82 Å². The van der Waals surface area contributed by atoms with Crippen LogP contribution in [0.1, 0.15) is 24.2 Å². The Bertz CT molecular complexity index is 583. The first-order valence-electron chi connectivity index (χ1n) is 6.14. The zero-order valence-electron chi connectivity index (χ0n) is 11.2. The van der Waals surface area contributed by atoms with Crippen molar-refractivity contribution in [1.29, 1.82) is 0 Å². The van der Waals surface area contributed by atoms with Crippen LogP contribution in [0.25, 0.3) is 0 Å². The second-order valence-electron chi connectivity index (χ2n) is 4.38. The maximum absolute atomic E-state index is 12.8. The number of hydrogen-bond acceptors (Lipinski definition) is 4. The minimum atomic E-state index is -0.276. The molecule has 0 radical (unpaired) electrons. The maximum Gasteiger partial charge on any atom is 0.230 e. The Morgan fingerprint density at radius 1 is 1.45 bits per heavy atom. The van der Waals surface area contributed by atoms with Gasteiger partial charge in [0.15, 0.2) is 4.34 Å². The highest BCUT2D eigenvalue weighted by atomic mass is 32.2. The summed E-state index contributed by atoms with van der Waals surface area (Å²) in [6.07, 6.45) is 0. The lowest BCUT2D eigenvalue weighted by Gasteiger charge is -2.13. The summed E-state index contributed by atoms with van der Waals surface area (Å²) in [5.41, 5.74) is 1.85. The summed E-state index contributed by atoms with van der Waals surface area (Å²) in [6.45, 7) is 3.81. The van der Waals surface area contributed by atoms with Gasteiger partial charge in [-0.05, 0) is 31.5 Å². The van der Waals surface area contributed by atoms with Gasteiger partial charge in [-0.25, -0.2) is 9.37 Å². The van der Waals surface area contributed by atoms with Gasteiger partial charge in [0, 0.05) is 11.1 Å². The van der Waals surface area contributed by atoms with Crippen molar-refractivity contribution in [2.24, 2.45) is 0 Å². The first kappa shape index (κ1) is 15.0. The van der Waals surface area contributed by atoms with E-state index in [1.165, 1.54) is 35.2 Å². The topological polar surface area (TPSA) is 42.0 Å². The molecule has 20 heavy (non-hydrogen) atoms. The summed E-state index contributed by atoms with van der Waals surface area (Å²) in [5.74, 6) is 0.0000275. The normalized spacial score (nSPS) is 12.2. The molecule has 106 valence electrons. The summed E-state index contributed by atoms with van der Waals surface area (Å²) in [5, 5.41) is 4.85. The molecular weight excluding hydrogens is 295 g/mol. The molecule has 1 heterocycles. The summed E-state index contributed by atoms with van der Waals surface area (Å²) in [7, 11) is 0. The van der Waals surface area contributed by atoms with E-state index < -0.39 is 0 Å². The van der Waals surface area contributed by atoms with Crippen LogP contribution in [0.4, 0.5) is 4.39 Å². The van der Waals surface area contributed by atoms with E-state index in [4.69, 9.17) is 0 Å². The van der Waals surface area contributed by atoms with E-state index in [0.717, 1.165) is 15.6 Å². The van der Waals surface area contributed by atoms with Gasteiger partial charge >= 0.3 is 0 Å². The van der Waals surface area contributed by atoms with Crippen LogP contribution >= 0.6 is 23.1 Å². The van der Waals surface area contributed by atoms with Crippen molar-refractivity contribution in [2.75, 3.05) is 5.75 Å². The average molecular weight is 310 g/mol. The lowest BCUT2D eigenvalue weighted by Crippen LogP contribution is -2.28. The van der Waals surface area contributed by atoms with Gasteiger partial charge in [-0.15, -0.1) is 11.3 Å². The molecule has 2 rings (SSSR count). The molecule has 2 aromatic rings. The van der Waals surface area contributed by atoms with Crippen LogP contribution in [0.3, 0.4) is 0 Å². The van der Waals surface area contributed by atoms with Gasteiger partial charge in [0.05, 0.1) is 11.8 Å². The second-order valence-corrected chi connectivity index (χ2v) is 6.46. The van der Waals surface area contributed by atoms with E-state index in [9.17, 15) is 9.18 Å². The van der Waals surface area contributed by atoms with Crippen LogP contribution < -0.4 is 5.32 Å². The molecule has 1 aromatic heterocycles. The van der Waals surface area contributed by atoms with Crippen molar-refractivity contribution >= 4 is 29.0 Å². The smallest absolute Gasteiger partial charge is 0.230 e. The number of halogens is 1. The molecule has 1 atom stereocenters. The van der Waals surface area contributed by atoms with Crippen molar-refractivity contribution < 1.29 is 9.18 Å². The third-order valence-corrected chi connectivity index (χ3v) is 4.81. The highest BCUT2D eigenvalue weighted by Gasteiger charge is 2.11. The Labute approximate surface area is 125 Å². The fraction of sp³-hybridized carbons (Fsp3) is 0.286. The monoisotopic (exact) mass is 310 g/mol. The standard InChI is InChI=1S/C14H15FN2OS2/c1-9-7-19-14(16-9)20-8-13(18)17-10(2)11-3-5-12(15)6-4-11/h3-7,10H,8H2,1-2H3,(H,17,18)/t10-/m1/s1. The van der Waals surface area contributed by atoms with Gasteiger partial charge < -0.3 is 5.32 Å². The van der Waals surface area contributed by atoms with Gasteiger partial charge in [-0.3, -0.25) is 4.79 Å². The minimum absolute atomic E-state index is 0.0559. The van der Waals surface area contributed by atoms with E-state index in [-0.39, 0.29) is 17.8 Å². The Morgan fingerprint density at radius 3 is 2.75 bits per heavy atom. The molecule has 1 N–H and O–H groups in total. The molecule has 0 aliphatic rings. The Kier molecular flexibility index (Phi) is 5.14. The maximum atomic E-state index is 12.8. The van der Waals surface area contributed by atoms with Gasteiger partial charge in [-0.1, -0.05) is 23.9 Å². The Balaban J connectivity index is 1.83. The van der Waals surface area contributed by atoms with Crippen molar-refractivity contribution in [3.05, 3.63) is 46.7 Å². The summed E-state index contributed by atoms with van der Waals surface area (Å²) in [4.78, 5) is 16.1. The second kappa shape index (κ2) is 6.85. The number of carbonyl (C=O) groups is 1. The molecule has 0 saturated carbocycles. The largest absolute Gasteiger partial charge is 0.349 e. The molecule has 1 amide bonds. The minimum Gasteiger partial charge on any atom is -0.349 e. The van der Waals surface area contributed by atoms with Gasteiger partial charge in [-0.2, -0.15) is 0 Å². The number of carbonyl (C=O) groups excluding carboxylic acids is 1. The van der Waals surface area contributed by atoms with E-state index in [2.05, 4.69) is 10.3 Å². The number of thiazole rings is 1. The van der Waals surface area contributed by atoms with E-state index in [1.54, 1.807) is 12.1 Å². The molecule has 0 spiro atoms. The Hall–Kier alpha value is -1.40. The fourth-order valence-electron chi connectivity index (χ4n) is 1.64. The molecule has 0 saturated heterocycles. The van der Waals surface area contributed by atoms with Crippen LogP contribution in [0.15, 0.2) is 34.0 Å². The molecule has 6 heteroatoms. The van der Waals surface area contributed by atoms with Crippen molar-refractivity contribution in [3.63, 3.8) is 0 Å².